The van der Waals surface area contributed by atoms with Gasteiger partial charge in [0.05, 0.1) is 12.2 Å². The highest BCUT2D eigenvalue weighted by molar-refractivity contribution is 5.76. The lowest BCUT2D eigenvalue weighted by Crippen LogP contribution is -2.34. The fraction of sp³-hybridized carbons (Fsp3) is 0.933. The van der Waals surface area contributed by atoms with Crippen LogP contribution in [0.2, 0.25) is 0 Å². The Balaban J connectivity index is 1.62. The Morgan fingerprint density at radius 1 is 1.21 bits per heavy atom. The van der Waals surface area contributed by atoms with Crippen LogP contribution in [0.15, 0.2) is 0 Å². The van der Waals surface area contributed by atoms with Gasteiger partial charge >= 0.3 is 0 Å². The topological polar surface area (TPSA) is 58.6 Å². The van der Waals surface area contributed by atoms with E-state index >= 15 is 0 Å². The van der Waals surface area contributed by atoms with Crippen molar-refractivity contribution in [3.63, 3.8) is 0 Å². The number of carbonyl (C=O) groups is 1. The first-order valence-electron chi connectivity index (χ1n) is 7.66. The van der Waals surface area contributed by atoms with E-state index < -0.39 is 0 Å². The quantitative estimate of drug-likeness (QED) is 0.801. The summed E-state index contributed by atoms with van der Waals surface area (Å²) in [5, 5.41) is 12.7. The fourth-order valence-electron chi connectivity index (χ4n) is 3.41. The van der Waals surface area contributed by atoms with Crippen molar-refractivity contribution in [2.24, 2.45) is 11.8 Å². The first-order valence-corrected chi connectivity index (χ1v) is 7.66. The molecule has 2 aliphatic rings. The van der Waals surface area contributed by atoms with E-state index in [1.54, 1.807) is 7.11 Å². The molecule has 2 aliphatic carbocycles. The van der Waals surface area contributed by atoms with Crippen molar-refractivity contribution in [3.8, 4) is 0 Å². The maximum Gasteiger partial charge on any atom is 0.220 e. The van der Waals surface area contributed by atoms with Gasteiger partial charge in [-0.1, -0.05) is 6.42 Å². The van der Waals surface area contributed by atoms with E-state index in [1.807, 2.05) is 0 Å². The van der Waals surface area contributed by atoms with Crippen molar-refractivity contribution in [1.29, 1.82) is 0 Å². The average Bonchev–Trinajstić information content (AvgIpc) is 2.83. The number of aliphatic hydroxyl groups excluding tert-OH is 1. The fourth-order valence-corrected chi connectivity index (χ4v) is 3.41. The number of hydrogen-bond acceptors (Lipinski definition) is 3. The third kappa shape index (κ3) is 4.46. The van der Waals surface area contributed by atoms with E-state index in [1.165, 1.54) is 0 Å². The molecule has 2 unspecified atom stereocenters. The lowest BCUT2D eigenvalue weighted by molar-refractivity contribution is -0.122. The minimum absolute atomic E-state index is 0.153. The highest BCUT2D eigenvalue weighted by Gasteiger charge is 2.26. The Kier molecular flexibility index (Phi) is 5.64. The molecule has 4 heteroatoms. The second-order valence-corrected chi connectivity index (χ2v) is 6.14. The zero-order chi connectivity index (χ0) is 13.7. The molecular formula is C15H27NO3. The molecule has 0 aromatic heterocycles. The van der Waals surface area contributed by atoms with Gasteiger partial charge in [-0.05, 0) is 44.4 Å². The number of nitrogens with one attached hydrogen (secondary N) is 1. The monoisotopic (exact) mass is 269 g/mol. The molecule has 2 rings (SSSR count). The molecule has 2 N–H and O–H groups in total. The summed E-state index contributed by atoms with van der Waals surface area (Å²) in [6, 6.07) is 0. The number of carbonyl (C=O) groups excluding carboxylic acids is 1. The van der Waals surface area contributed by atoms with E-state index in [9.17, 15) is 9.90 Å². The normalized spacial score (nSPS) is 35.3. The lowest BCUT2D eigenvalue weighted by Gasteiger charge is -2.27. The molecule has 0 saturated heterocycles. The van der Waals surface area contributed by atoms with Gasteiger partial charge in [0.15, 0.2) is 0 Å². The Morgan fingerprint density at radius 2 is 1.95 bits per heavy atom. The van der Waals surface area contributed by atoms with Gasteiger partial charge in [0.1, 0.15) is 0 Å². The molecule has 4 nitrogen and oxygen atoms in total. The summed E-state index contributed by atoms with van der Waals surface area (Å²) in [4.78, 5) is 11.9. The molecule has 0 aromatic carbocycles. The van der Waals surface area contributed by atoms with Crippen molar-refractivity contribution < 1.29 is 14.6 Å². The Hall–Kier alpha value is -0.610. The average molecular weight is 269 g/mol. The summed E-state index contributed by atoms with van der Waals surface area (Å²) in [7, 11) is 1.77. The first kappa shape index (κ1) is 14.8. The van der Waals surface area contributed by atoms with E-state index in [0.717, 1.165) is 44.9 Å². The van der Waals surface area contributed by atoms with Crippen LogP contribution in [0.5, 0.6) is 0 Å². The Labute approximate surface area is 115 Å². The van der Waals surface area contributed by atoms with Crippen molar-refractivity contribution in [2.75, 3.05) is 13.7 Å². The van der Waals surface area contributed by atoms with Crippen LogP contribution in [0.1, 0.15) is 51.4 Å². The van der Waals surface area contributed by atoms with E-state index in [0.29, 0.717) is 25.0 Å². The Morgan fingerprint density at radius 3 is 2.53 bits per heavy atom. The maximum absolute atomic E-state index is 11.9. The standard InChI is InChI=1S/C15H27NO3/c1-19-13-7-5-11(6-8-13)9-15(18)16-10-12-3-2-4-14(12)17/h11-14,17H,2-10H2,1H3,(H,16,18). The molecule has 2 atom stereocenters. The predicted molar refractivity (Wildman–Crippen MR) is 73.7 cm³/mol. The number of methoxy groups -OCH3 is 1. The molecule has 0 radical (unpaired) electrons. The van der Waals surface area contributed by atoms with Gasteiger partial charge in [0.2, 0.25) is 5.91 Å². The highest BCUT2D eigenvalue weighted by atomic mass is 16.5. The zero-order valence-electron chi connectivity index (χ0n) is 11.9. The van der Waals surface area contributed by atoms with E-state index in [2.05, 4.69) is 5.32 Å². The summed E-state index contributed by atoms with van der Waals surface area (Å²) in [5.74, 6) is 0.938. The smallest absolute Gasteiger partial charge is 0.220 e. The summed E-state index contributed by atoms with van der Waals surface area (Å²) < 4.78 is 5.34. The number of amides is 1. The summed E-state index contributed by atoms with van der Waals surface area (Å²) >= 11 is 0. The molecule has 0 aromatic rings. The molecule has 0 spiro atoms. The number of ether oxygens (including phenoxy) is 1. The van der Waals surface area contributed by atoms with Crippen LogP contribution in [0.3, 0.4) is 0 Å². The van der Waals surface area contributed by atoms with Crippen LogP contribution in [-0.2, 0) is 9.53 Å². The molecule has 110 valence electrons. The van der Waals surface area contributed by atoms with Gasteiger partial charge in [-0.25, -0.2) is 0 Å². The number of hydrogen-bond donors (Lipinski definition) is 2. The zero-order valence-corrected chi connectivity index (χ0v) is 11.9. The molecule has 1 amide bonds. The SMILES string of the molecule is COC1CCC(CC(=O)NCC2CCCC2O)CC1. The van der Waals surface area contributed by atoms with Gasteiger partial charge < -0.3 is 15.2 Å². The second kappa shape index (κ2) is 7.25. The van der Waals surface area contributed by atoms with E-state index in [-0.39, 0.29) is 17.9 Å². The molecule has 0 bridgehead atoms. The third-order valence-electron chi connectivity index (χ3n) is 4.78. The van der Waals surface area contributed by atoms with Crippen LogP contribution < -0.4 is 5.32 Å². The summed E-state index contributed by atoms with van der Waals surface area (Å²) in [5.41, 5.74) is 0. The van der Waals surface area contributed by atoms with Crippen LogP contribution in [0.25, 0.3) is 0 Å². The first-order chi connectivity index (χ1) is 9.19. The third-order valence-corrected chi connectivity index (χ3v) is 4.78. The molecule has 0 heterocycles. The minimum Gasteiger partial charge on any atom is -0.393 e. The number of rotatable bonds is 5. The van der Waals surface area contributed by atoms with Crippen molar-refractivity contribution in [3.05, 3.63) is 0 Å². The largest absolute Gasteiger partial charge is 0.393 e. The molecule has 0 aliphatic heterocycles. The number of aliphatic hydroxyl groups is 1. The predicted octanol–water partition coefficient (Wildman–Crippen LogP) is 1.86. The van der Waals surface area contributed by atoms with Gasteiger partial charge in [-0.3, -0.25) is 4.79 Å². The van der Waals surface area contributed by atoms with Gasteiger partial charge in [-0.15, -0.1) is 0 Å². The van der Waals surface area contributed by atoms with Gasteiger partial charge in [-0.2, -0.15) is 0 Å². The highest BCUT2D eigenvalue weighted by Crippen LogP contribution is 2.28. The molecule has 2 fully saturated rings. The Bertz CT molecular complexity index is 287. The summed E-state index contributed by atoms with van der Waals surface area (Å²) in [6.07, 6.45) is 8.19. The summed E-state index contributed by atoms with van der Waals surface area (Å²) in [6.45, 7) is 0.646. The maximum atomic E-state index is 11.9. The lowest BCUT2D eigenvalue weighted by atomic mass is 9.85. The van der Waals surface area contributed by atoms with Gasteiger partial charge in [0.25, 0.3) is 0 Å². The van der Waals surface area contributed by atoms with Crippen LogP contribution in [-0.4, -0.2) is 36.9 Å². The second-order valence-electron chi connectivity index (χ2n) is 6.14. The van der Waals surface area contributed by atoms with Gasteiger partial charge in [0, 0.05) is 26.0 Å². The van der Waals surface area contributed by atoms with Crippen LogP contribution >= 0.6 is 0 Å². The van der Waals surface area contributed by atoms with Crippen LogP contribution in [0, 0.1) is 11.8 Å². The molecular weight excluding hydrogens is 242 g/mol. The van der Waals surface area contributed by atoms with Crippen molar-refractivity contribution >= 4 is 5.91 Å². The minimum atomic E-state index is -0.211. The van der Waals surface area contributed by atoms with Crippen molar-refractivity contribution in [2.45, 2.75) is 63.6 Å². The van der Waals surface area contributed by atoms with E-state index in [4.69, 9.17) is 4.74 Å². The van der Waals surface area contributed by atoms with Crippen LogP contribution in [0.4, 0.5) is 0 Å². The molecule has 19 heavy (non-hydrogen) atoms. The van der Waals surface area contributed by atoms with Crippen molar-refractivity contribution in [1.82, 2.24) is 5.32 Å². The molecule has 2 saturated carbocycles.